The van der Waals surface area contributed by atoms with Gasteiger partial charge in [0.25, 0.3) is 0 Å². The van der Waals surface area contributed by atoms with Crippen LogP contribution < -0.4 is 0 Å². The molecule has 16 heteroatoms. The van der Waals surface area contributed by atoms with Crippen LogP contribution in [0.2, 0.25) is 0 Å². The summed E-state index contributed by atoms with van der Waals surface area (Å²) in [5.74, 6) is -1.06. The fourth-order valence-corrected chi connectivity index (χ4v) is 4.57. The minimum Gasteiger partial charge on any atom is -0.464 e. The van der Waals surface area contributed by atoms with E-state index in [1.165, 1.54) is 14.2 Å². The zero-order valence-electron chi connectivity index (χ0n) is 27.7. The molecule has 2 N–H and O–H groups in total. The van der Waals surface area contributed by atoms with Gasteiger partial charge in [-0.3, -0.25) is 9.80 Å². The lowest BCUT2D eigenvalue weighted by Crippen LogP contribution is -2.37. The first-order chi connectivity index (χ1) is 23.5. The smallest absolute Gasteiger partial charge is 0.356 e. The molecule has 2 rings (SSSR count). The van der Waals surface area contributed by atoms with Crippen LogP contribution in [0.15, 0.2) is 41.4 Å². The first kappa shape index (κ1) is 40.9. The number of nitrogens with zero attached hydrogens (tertiary/aromatic N) is 5. The maximum absolute atomic E-state index is 12.1. The highest BCUT2D eigenvalue weighted by molar-refractivity contribution is 7.78. The molecule has 0 aliphatic rings. The van der Waals surface area contributed by atoms with Crippen LogP contribution in [0.3, 0.4) is 0 Å². The van der Waals surface area contributed by atoms with Crippen LogP contribution in [-0.4, -0.2) is 160 Å². The lowest BCUT2D eigenvalue weighted by Gasteiger charge is -2.31. The van der Waals surface area contributed by atoms with Gasteiger partial charge in [0, 0.05) is 32.7 Å². The van der Waals surface area contributed by atoms with E-state index in [1.807, 2.05) is 15.9 Å². The van der Waals surface area contributed by atoms with Crippen molar-refractivity contribution in [3.05, 3.63) is 59.2 Å². The van der Waals surface area contributed by atoms with Gasteiger partial charge in [0.05, 0.1) is 109 Å². The van der Waals surface area contributed by atoms with E-state index in [1.54, 1.807) is 30.3 Å². The van der Waals surface area contributed by atoms with Crippen LogP contribution in [0.5, 0.6) is 0 Å². The summed E-state index contributed by atoms with van der Waals surface area (Å²) in [6.45, 7) is 5.23. The van der Waals surface area contributed by atoms with Gasteiger partial charge in [0.15, 0.2) is 0 Å². The Kier molecular flexibility index (Phi) is 21.9. The number of aliphatic hydroxyl groups excluding tert-OH is 2. The summed E-state index contributed by atoms with van der Waals surface area (Å²) >= 11 is 4.54. The van der Waals surface area contributed by atoms with Crippen molar-refractivity contribution >= 4 is 29.3 Å². The first-order valence-corrected chi connectivity index (χ1v) is 16.0. The van der Waals surface area contributed by atoms with Gasteiger partial charge >= 0.3 is 11.9 Å². The number of hydrogen-bond acceptors (Lipinski definition) is 16. The second-order valence-corrected chi connectivity index (χ2v) is 10.3. The molecule has 2 aromatic rings. The Balaban J connectivity index is 1.85. The number of thiocarbonyl (C=S) groups is 1. The van der Waals surface area contributed by atoms with E-state index in [0.29, 0.717) is 96.9 Å². The average Bonchev–Trinajstić information content (AvgIpc) is 3.11. The topological polar surface area (TPSA) is 175 Å². The third-order valence-corrected chi connectivity index (χ3v) is 6.97. The van der Waals surface area contributed by atoms with Gasteiger partial charge in [-0.25, -0.2) is 24.5 Å². The molecule has 15 nitrogen and oxygen atoms in total. The van der Waals surface area contributed by atoms with Gasteiger partial charge in [-0.1, -0.05) is 12.1 Å². The van der Waals surface area contributed by atoms with Crippen LogP contribution in [-0.2, 0) is 35.0 Å². The van der Waals surface area contributed by atoms with Crippen LogP contribution in [0.4, 0.5) is 0 Å². The summed E-state index contributed by atoms with van der Waals surface area (Å²) in [6, 6.07) is 9.85. The largest absolute Gasteiger partial charge is 0.464 e. The van der Waals surface area contributed by atoms with Gasteiger partial charge in [-0.05, 0) is 36.5 Å². The Morgan fingerprint density at radius 1 is 0.792 bits per heavy atom. The van der Waals surface area contributed by atoms with Gasteiger partial charge in [0.2, 0.25) is 0 Å². The van der Waals surface area contributed by atoms with Gasteiger partial charge < -0.3 is 38.6 Å². The number of isothiocyanates is 1. The van der Waals surface area contributed by atoms with Crippen LogP contribution in [0, 0.1) is 0 Å². The van der Waals surface area contributed by atoms with Crippen molar-refractivity contribution < 1.29 is 48.2 Å². The summed E-state index contributed by atoms with van der Waals surface area (Å²) in [4.78, 5) is 40.5. The quantitative estimate of drug-likeness (QED) is 0.0588. The summed E-state index contributed by atoms with van der Waals surface area (Å²) in [7, 11) is 2.60. The van der Waals surface area contributed by atoms with Crippen LogP contribution >= 0.6 is 12.2 Å². The molecule has 0 saturated carbocycles. The highest BCUT2D eigenvalue weighted by Crippen LogP contribution is 2.20. The fraction of sp³-hybridized carbons (Fsp3) is 0.594. The van der Waals surface area contributed by atoms with Crippen molar-refractivity contribution in [1.82, 2.24) is 19.8 Å². The molecule has 266 valence electrons. The Morgan fingerprint density at radius 2 is 1.40 bits per heavy atom. The molecule has 1 unspecified atom stereocenters. The minimum atomic E-state index is -0.551. The number of carbonyl (C=O) groups is 2. The monoisotopic (exact) mass is 693 g/mol. The number of aliphatic hydroxyl groups is 2. The Morgan fingerprint density at radius 3 is 2.04 bits per heavy atom. The third-order valence-electron chi connectivity index (χ3n) is 6.84. The van der Waals surface area contributed by atoms with Crippen molar-refractivity contribution in [2.75, 3.05) is 113 Å². The predicted molar refractivity (Wildman–Crippen MR) is 178 cm³/mol. The first-order valence-electron chi connectivity index (χ1n) is 15.6. The second kappa shape index (κ2) is 25.7. The van der Waals surface area contributed by atoms with E-state index >= 15 is 0 Å². The number of aliphatic imine (C=N–C) groups is 1. The van der Waals surface area contributed by atoms with Gasteiger partial charge in [0.1, 0.15) is 11.4 Å². The summed E-state index contributed by atoms with van der Waals surface area (Å²) in [5.41, 5.74) is 1.66. The van der Waals surface area contributed by atoms with Gasteiger partial charge in [-0.2, -0.15) is 0 Å². The molecule has 0 aliphatic heterocycles. The van der Waals surface area contributed by atoms with Crippen LogP contribution in [0.25, 0.3) is 0 Å². The number of methoxy groups -OCH3 is 2. The van der Waals surface area contributed by atoms with E-state index in [4.69, 9.17) is 28.4 Å². The number of aromatic nitrogens is 2. The van der Waals surface area contributed by atoms with Crippen molar-refractivity contribution in [3.8, 4) is 0 Å². The lowest BCUT2D eigenvalue weighted by atomic mass is 10.1. The Bertz CT molecular complexity index is 1250. The maximum Gasteiger partial charge on any atom is 0.356 e. The number of carbonyl (C=O) groups excluding carboxylic acids is 2. The molecule has 0 fully saturated rings. The van der Waals surface area contributed by atoms with E-state index < -0.39 is 11.9 Å². The Labute approximate surface area is 286 Å². The maximum atomic E-state index is 12.1. The number of rotatable bonds is 27. The molecule has 1 atom stereocenters. The molecule has 0 amide bonds. The average molecular weight is 694 g/mol. The molecular weight excluding hydrogens is 646 g/mol. The van der Waals surface area contributed by atoms with E-state index in [9.17, 15) is 19.8 Å². The molecule has 0 bridgehead atoms. The van der Waals surface area contributed by atoms with Crippen molar-refractivity contribution in [2.24, 2.45) is 4.99 Å². The van der Waals surface area contributed by atoms with Crippen LogP contribution in [0.1, 0.15) is 38.4 Å². The molecule has 2 aromatic heterocycles. The third kappa shape index (κ3) is 16.2. The highest BCUT2D eigenvalue weighted by atomic mass is 32.1. The van der Waals surface area contributed by atoms with Crippen molar-refractivity contribution in [1.29, 1.82) is 0 Å². The number of esters is 2. The van der Waals surface area contributed by atoms with Crippen molar-refractivity contribution in [3.63, 3.8) is 0 Å². The molecular formula is C32H47N5O10S. The molecule has 0 aliphatic carbocycles. The lowest BCUT2D eigenvalue weighted by molar-refractivity contribution is -0.00281. The SMILES string of the molecule is COC(=O)c1cccc(CN(CCO)CCOCCOCCN(CCO)C(COCCOCCN=C=S)c2cccc(C(=O)OC)n2)n1. The predicted octanol–water partition coefficient (Wildman–Crippen LogP) is 1.05. The molecule has 0 radical (unpaired) electrons. The standard InChI is InChI=1S/C32H47N5O10S/c1-42-31(40)28-7-3-5-26(34-28)23-36(10-14-38)12-17-45-19-20-46-18-13-37(11-15-39)30(24-47-22-21-44-16-9-33-25-48)27-6-4-8-29(35-27)32(41)43-2/h3-8,30,38-39H,9-24H2,1-2H3. The molecule has 0 spiro atoms. The zero-order chi connectivity index (χ0) is 34.8. The van der Waals surface area contributed by atoms with Gasteiger partial charge in [-0.15, -0.1) is 0 Å². The zero-order valence-corrected chi connectivity index (χ0v) is 28.5. The molecule has 0 saturated heterocycles. The molecule has 0 aromatic carbocycles. The van der Waals surface area contributed by atoms with E-state index in [-0.39, 0.29) is 37.3 Å². The summed E-state index contributed by atoms with van der Waals surface area (Å²) < 4.78 is 32.5. The number of pyridine rings is 2. The molecule has 48 heavy (non-hydrogen) atoms. The normalized spacial score (nSPS) is 11.8. The summed E-state index contributed by atoms with van der Waals surface area (Å²) in [6.07, 6.45) is 0. The van der Waals surface area contributed by atoms with E-state index in [2.05, 4.69) is 32.3 Å². The second-order valence-electron chi connectivity index (χ2n) is 10.1. The Hall–Kier alpha value is -3.28. The number of ether oxygens (including phenoxy) is 6. The van der Waals surface area contributed by atoms with E-state index in [0.717, 1.165) is 0 Å². The highest BCUT2D eigenvalue weighted by Gasteiger charge is 2.23. The molecule has 2 heterocycles. The minimum absolute atomic E-state index is 0.0309. The fourth-order valence-electron chi connectivity index (χ4n) is 4.48. The van der Waals surface area contributed by atoms with Crippen molar-refractivity contribution in [2.45, 2.75) is 12.6 Å². The summed E-state index contributed by atoms with van der Waals surface area (Å²) in [5, 5.41) is 21.6. The number of hydrogen-bond donors (Lipinski definition) is 2.